The molecule has 4 aliphatic rings. The normalized spacial score (nSPS) is 37.0. The fourth-order valence-corrected chi connectivity index (χ4v) is 5.90. The van der Waals surface area contributed by atoms with Crippen molar-refractivity contribution in [1.82, 2.24) is 15.2 Å². The number of carboxylic acid groups (broad SMARTS) is 1. The molecule has 2 saturated heterocycles. The predicted octanol–water partition coefficient (Wildman–Crippen LogP) is 3.10. The number of hydrogen-bond donors (Lipinski definition) is 1. The van der Waals surface area contributed by atoms with Gasteiger partial charge in [0.15, 0.2) is 11.6 Å². The molecule has 2 aliphatic heterocycles. The maximum atomic E-state index is 12.6. The second-order valence-corrected chi connectivity index (χ2v) is 12.0. The molecule has 0 spiro atoms. The zero-order chi connectivity index (χ0) is 26.8. The first-order valence-electron chi connectivity index (χ1n) is 12.7. The van der Waals surface area contributed by atoms with E-state index in [9.17, 15) is 9.59 Å². The molecule has 37 heavy (non-hydrogen) atoms. The summed E-state index contributed by atoms with van der Waals surface area (Å²) >= 11 is 0. The van der Waals surface area contributed by atoms with Crippen LogP contribution in [0.1, 0.15) is 67.2 Å². The molecule has 11 nitrogen and oxygen atoms in total. The van der Waals surface area contributed by atoms with Crippen LogP contribution in [0.3, 0.4) is 0 Å². The van der Waals surface area contributed by atoms with Gasteiger partial charge < -0.3 is 28.9 Å². The molecule has 0 radical (unpaired) electrons. The first kappa shape index (κ1) is 26.0. The lowest BCUT2D eigenvalue weighted by atomic mass is 9.89. The molecular weight excluding hydrogens is 482 g/mol. The van der Waals surface area contributed by atoms with E-state index in [1.165, 1.54) is 4.85 Å². The van der Waals surface area contributed by atoms with Crippen LogP contribution in [-0.4, -0.2) is 68.2 Å². The number of ether oxygens (including phenoxy) is 4. The quantitative estimate of drug-likeness (QED) is 0.606. The SMILES string of the molecule is CC1(C)OC2CC(C)(C(=O)O)CC2O1.CC1(C)OC2CC(C)(C(=O)On3nnc4ccccc43)CC2O1. The van der Waals surface area contributed by atoms with Crippen LogP contribution in [0.15, 0.2) is 24.3 Å². The van der Waals surface area contributed by atoms with Gasteiger partial charge in [-0.3, -0.25) is 4.79 Å². The van der Waals surface area contributed by atoms with Gasteiger partial charge in [0.25, 0.3) is 0 Å². The standard InChI is InChI=1S/C16H19N3O4.C10H16O4/c1-15(2)21-12-8-16(3,9-13(12)22-15)14(20)23-19-11-7-5-4-6-10(11)17-18-19;1-9(2)13-6-4-10(3,8(11)12)5-7(6)14-9/h4-7,12-13H,8-9H2,1-3H3;6-7H,4-5H2,1-3H3,(H,11,12). The van der Waals surface area contributed by atoms with E-state index in [1.807, 2.05) is 58.9 Å². The number of carbonyl (C=O) groups excluding carboxylic acids is 1. The summed E-state index contributed by atoms with van der Waals surface area (Å²) in [6.45, 7) is 11.2. The van der Waals surface area contributed by atoms with Crippen molar-refractivity contribution in [3.05, 3.63) is 24.3 Å². The Morgan fingerprint density at radius 2 is 1.30 bits per heavy atom. The maximum Gasteiger partial charge on any atom is 0.341 e. The van der Waals surface area contributed by atoms with E-state index < -0.39 is 28.4 Å². The van der Waals surface area contributed by atoms with Crippen molar-refractivity contribution in [2.45, 2.75) is 103 Å². The summed E-state index contributed by atoms with van der Waals surface area (Å²) in [6.07, 6.45) is 2.01. The Kier molecular flexibility index (Phi) is 6.14. The molecule has 1 N–H and O–H groups in total. The van der Waals surface area contributed by atoms with Gasteiger partial charge in [-0.1, -0.05) is 17.0 Å². The summed E-state index contributed by atoms with van der Waals surface area (Å²) in [5, 5.41) is 16.9. The van der Waals surface area contributed by atoms with Crippen molar-refractivity contribution < 1.29 is 38.5 Å². The number of carbonyl (C=O) groups is 2. The molecule has 4 unspecified atom stereocenters. The van der Waals surface area contributed by atoms with Crippen LogP contribution in [0.25, 0.3) is 11.0 Å². The van der Waals surface area contributed by atoms with Gasteiger partial charge in [-0.15, -0.1) is 5.10 Å². The van der Waals surface area contributed by atoms with E-state index in [-0.39, 0.29) is 30.4 Å². The van der Waals surface area contributed by atoms with Crippen LogP contribution in [0.5, 0.6) is 0 Å². The van der Waals surface area contributed by atoms with E-state index in [1.54, 1.807) is 6.92 Å². The lowest BCUT2D eigenvalue weighted by Gasteiger charge is -2.25. The average Bonchev–Trinajstić information content (AvgIpc) is 3.53. The Balaban J connectivity index is 0.000000171. The third kappa shape index (κ3) is 4.97. The van der Waals surface area contributed by atoms with Crippen LogP contribution in [-0.2, 0) is 28.5 Å². The number of aromatic nitrogens is 3. The first-order chi connectivity index (χ1) is 17.2. The molecule has 1 aromatic heterocycles. The van der Waals surface area contributed by atoms with Gasteiger partial charge in [0.2, 0.25) is 0 Å². The van der Waals surface area contributed by atoms with E-state index in [2.05, 4.69) is 10.3 Å². The summed E-state index contributed by atoms with van der Waals surface area (Å²) in [4.78, 5) is 30.3. The van der Waals surface area contributed by atoms with Crippen LogP contribution in [0, 0.1) is 10.8 Å². The first-order valence-corrected chi connectivity index (χ1v) is 12.7. The van der Waals surface area contributed by atoms with Crippen molar-refractivity contribution in [2.75, 3.05) is 0 Å². The number of aliphatic carboxylic acids is 1. The topological polar surface area (TPSA) is 131 Å². The fourth-order valence-electron chi connectivity index (χ4n) is 5.90. The largest absolute Gasteiger partial charge is 0.481 e. The molecule has 11 heteroatoms. The molecule has 1 aromatic carbocycles. The molecule has 0 bridgehead atoms. The maximum absolute atomic E-state index is 12.6. The third-order valence-corrected chi connectivity index (χ3v) is 7.68. The molecule has 202 valence electrons. The van der Waals surface area contributed by atoms with Crippen molar-refractivity contribution in [2.24, 2.45) is 10.8 Å². The average molecular weight is 518 g/mol. The summed E-state index contributed by atoms with van der Waals surface area (Å²) in [7, 11) is 0. The zero-order valence-electron chi connectivity index (χ0n) is 22.1. The summed E-state index contributed by atoms with van der Waals surface area (Å²) in [5.41, 5.74) is 0.0171. The minimum atomic E-state index is -0.753. The second-order valence-electron chi connectivity index (χ2n) is 12.0. The van der Waals surface area contributed by atoms with Gasteiger partial charge >= 0.3 is 11.9 Å². The predicted molar refractivity (Wildman–Crippen MR) is 129 cm³/mol. The highest BCUT2D eigenvalue weighted by atomic mass is 16.8. The van der Waals surface area contributed by atoms with Crippen molar-refractivity contribution in [1.29, 1.82) is 0 Å². The van der Waals surface area contributed by atoms with Crippen molar-refractivity contribution >= 4 is 23.0 Å². The number of rotatable bonds is 3. The Hall–Kier alpha value is -2.60. The summed E-state index contributed by atoms with van der Waals surface area (Å²) < 4.78 is 23.0. The van der Waals surface area contributed by atoms with Gasteiger partial charge in [0.1, 0.15) is 11.0 Å². The number of fused-ring (bicyclic) bond motifs is 3. The molecule has 0 amide bonds. The number of benzene rings is 1. The van der Waals surface area contributed by atoms with Gasteiger partial charge in [-0.2, -0.15) is 0 Å². The molecule has 6 rings (SSSR count). The molecule has 2 aromatic rings. The van der Waals surface area contributed by atoms with Gasteiger partial charge in [-0.05, 0) is 84.6 Å². The number of hydrogen-bond acceptors (Lipinski definition) is 9. The van der Waals surface area contributed by atoms with E-state index in [4.69, 9.17) is 28.9 Å². The smallest absolute Gasteiger partial charge is 0.341 e. The fraction of sp³-hybridized carbons (Fsp3) is 0.692. The molecule has 2 saturated carbocycles. The highest BCUT2D eigenvalue weighted by Gasteiger charge is 2.56. The van der Waals surface area contributed by atoms with Gasteiger partial charge in [-0.25, -0.2) is 4.79 Å². The van der Waals surface area contributed by atoms with Crippen LogP contribution >= 0.6 is 0 Å². The molecular formula is C26H35N3O8. The van der Waals surface area contributed by atoms with Gasteiger partial charge in [0, 0.05) is 0 Å². The lowest BCUT2D eigenvalue weighted by molar-refractivity contribution is -0.172. The number of nitrogens with zero attached hydrogens (tertiary/aromatic N) is 3. The van der Waals surface area contributed by atoms with Crippen LogP contribution in [0.4, 0.5) is 0 Å². The van der Waals surface area contributed by atoms with E-state index >= 15 is 0 Å². The Labute approximate surface area is 215 Å². The third-order valence-electron chi connectivity index (χ3n) is 7.68. The molecule has 4 atom stereocenters. The summed E-state index contributed by atoms with van der Waals surface area (Å²) in [5.74, 6) is -2.22. The van der Waals surface area contributed by atoms with Gasteiger partial charge in [0.05, 0.1) is 35.2 Å². The Morgan fingerprint density at radius 3 is 1.78 bits per heavy atom. The minimum Gasteiger partial charge on any atom is -0.481 e. The zero-order valence-corrected chi connectivity index (χ0v) is 22.1. The van der Waals surface area contributed by atoms with E-state index in [0.717, 1.165) is 0 Å². The lowest BCUT2D eigenvalue weighted by Crippen LogP contribution is -2.36. The van der Waals surface area contributed by atoms with Crippen molar-refractivity contribution in [3.63, 3.8) is 0 Å². The highest BCUT2D eigenvalue weighted by Crippen LogP contribution is 2.48. The number of para-hydroxylation sites is 1. The molecule has 2 aliphatic carbocycles. The Morgan fingerprint density at radius 1 is 0.838 bits per heavy atom. The van der Waals surface area contributed by atoms with Crippen molar-refractivity contribution in [3.8, 4) is 0 Å². The van der Waals surface area contributed by atoms with Crippen LogP contribution in [0.2, 0.25) is 0 Å². The second kappa shape index (κ2) is 8.72. The van der Waals surface area contributed by atoms with Crippen LogP contribution < -0.4 is 4.84 Å². The highest BCUT2D eigenvalue weighted by molar-refractivity contribution is 5.79. The number of carboxylic acids is 1. The molecule has 4 fully saturated rings. The summed E-state index contributed by atoms with van der Waals surface area (Å²) in [6, 6.07) is 7.34. The van der Waals surface area contributed by atoms with E-state index in [0.29, 0.717) is 36.7 Å². The minimum absolute atomic E-state index is 0.0499. The Bertz CT molecular complexity index is 1180. The monoisotopic (exact) mass is 517 g/mol. The molecule has 3 heterocycles.